The molecule has 36 heavy (non-hydrogen) atoms. The number of urea groups is 1. The number of ether oxygens (including phenoxy) is 2. The number of benzene rings is 2. The van der Waals surface area contributed by atoms with Crippen LogP contribution in [0, 0.1) is 5.82 Å². The van der Waals surface area contributed by atoms with Crippen molar-refractivity contribution in [1.29, 1.82) is 0 Å². The fraction of sp³-hybridized carbons (Fsp3) is 0.423. The number of carbonyl (C=O) groups is 3. The largest absolute Gasteiger partial charge is 0.490 e. The van der Waals surface area contributed by atoms with Crippen LogP contribution in [0.5, 0.6) is 5.75 Å². The van der Waals surface area contributed by atoms with Crippen LogP contribution in [-0.2, 0) is 16.1 Å². The average molecular weight is 499 g/mol. The van der Waals surface area contributed by atoms with Gasteiger partial charge < -0.3 is 30.3 Å². The first-order valence-corrected chi connectivity index (χ1v) is 12.1. The van der Waals surface area contributed by atoms with Crippen molar-refractivity contribution in [2.45, 2.75) is 51.0 Å². The van der Waals surface area contributed by atoms with Crippen molar-refractivity contribution in [1.82, 2.24) is 15.5 Å². The van der Waals surface area contributed by atoms with Crippen molar-refractivity contribution < 1.29 is 28.2 Å². The van der Waals surface area contributed by atoms with Gasteiger partial charge in [0.1, 0.15) is 24.3 Å². The Morgan fingerprint density at radius 1 is 1.14 bits per heavy atom. The quantitative estimate of drug-likeness (QED) is 0.567. The Hall–Kier alpha value is -3.66. The maximum Gasteiger partial charge on any atom is 0.319 e. The number of halogens is 1. The molecule has 1 fully saturated rings. The molecule has 2 aromatic carbocycles. The molecule has 9 nitrogen and oxygen atoms in total. The Balaban J connectivity index is 1.37. The Bertz CT molecular complexity index is 1130. The van der Waals surface area contributed by atoms with Crippen molar-refractivity contribution in [2.75, 3.05) is 25.5 Å². The first-order valence-electron chi connectivity index (χ1n) is 12.1. The first-order chi connectivity index (χ1) is 17.3. The third-order valence-electron chi connectivity index (χ3n) is 6.40. The summed E-state index contributed by atoms with van der Waals surface area (Å²) in [5.41, 5.74) is 1.54. The Morgan fingerprint density at radius 2 is 1.97 bits per heavy atom. The minimum absolute atomic E-state index is 0.168. The highest BCUT2D eigenvalue weighted by molar-refractivity contribution is 5.99. The van der Waals surface area contributed by atoms with E-state index in [0.717, 1.165) is 0 Å². The summed E-state index contributed by atoms with van der Waals surface area (Å²) in [5, 5.41) is 8.17. The number of hydrogen-bond acceptors (Lipinski definition) is 5. The molecule has 2 aromatic rings. The lowest BCUT2D eigenvalue weighted by Crippen LogP contribution is -2.53. The molecular weight excluding hydrogens is 467 g/mol. The van der Waals surface area contributed by atoms with Gasteiger partial charge in [-0.2, -0.15) is 0 Å². The summed E-state index contributed by atoms with van der Waals surface area (Å²) in [6.45, 7) is 2.77. The highest BCUT2D eigenvalue weighted by Gasteiger charge is 2.39. The number of hydrogen-bond donors (Lipinski definition) is 3. The molecule has 192 valence electrons. The minimum atomic E-state index is -0.394. The number of anilines is 1. The molecule has 0 aromatic heterocycles. The second-order valence-corrected chi connectivity index (χ2v) is 8.97. The molecule has 2 aliphatic heterocycles. The predicted octanol–water partition coefficient (Wildman–Crippen LogP) is 3.05. The lowest BCUT2D eigenvalue weighted by atomic mass is 9.94. The Morgan fingerprint density at radius 3 is 2.75 bits per heavy atom. The number of nitrogens with zero attached hydrogens (tertiary/aromatic N) is 1. The molecule has 0 unspecified atom stereocenters. The van der Waals surface area contributed by atoms with Gasteiger partial charge in [-0.05, 0) is 55.7 Å². The van der Waals surface area contributed by atoms with Gasteiger partial charge in [-0.25, -0.2) is 9.18 Å². The minimum Gasteiger partial charge on any atom is -0.490 e. The van der Waals surface area contributed by atoms with Crippen molar-refractivity contribution in [3.63, 3.8) is 0 Å². The van der Waals surface area contributed by atoms with Crippen LogP contribution in [0.2, 0.25) is 0 Å². The van der Waals surface area contributed by atoms with Crippen molar-refractivity contribution in [3.05, 3.63) is 59.4 Å². The fourth-order valence-electron chi connectivity index (χ4n) is 4.57. The van der Waals surface area contributed by atoms with Crippen molar-refractivity contribution >= 4 is 23.5 Å². The van der Waals surface area contributed by atoms with Crippen LogP contribution in [-0.4, -0.2) is 61.2 Å². The van der Waals surface area contributed by atoms with Crippen LogP contribution >= 0.6 is 0 Å². The maximum absolute atomic E-state index is 13.3. The monoisotopic (exact) mass is 498 g/mol. The van der Waals surface area contributed by atoms with Crippen molar-refractivity contribution in [2.24, 2.45) is 0 Å². The molecule has 1 saturated heterocycles. The zero-order chi connectivity index (χ0) is 25.7. The second kappa shape index (κ2) is 11.4. The fourth-order valence-corrected chi connectivity index (χ4v) is 4.57. The molecule has 3 N–H and O–H groups in total. The van der Waals surface area contributed by atoms with E-state index in [1.807, 2.05) is 6.92 Å². The lowest BCUT2D eigenvalue weighted by Gasteiger charge is -2.42. The molecule has 0 radical (unpaired) electrons. The molecule has 2 heterocycles. The smallest absolute Gasteiger partial charge is 0.319 e. The molecule has 4 rings (SSSR count). The summed E-state index contributed by atoms with van der Waals surface area (Å²) >= 11 is 0. The van der Waals surface area contributed by atoms with Crippen LogP contribution in [0.3, 0.4) is 0 Å². The molecule has 10 heteroatoms. The maximum atomic E-state index is 13.3. The number of amides is 4. The molecular formula is C26H31FN4O5. The topological polar surface area (TPSA) is 109 Å². The van der Waals surface area contributed by atoms with E-state index in [-0.39, 0.29) is 55.4 Å². The summed E-state index contributed by atoms with van der Waals surface area (Å²) < 4.78 is 25.5. The van der Waals surface area contributed by atoms with E-state index in [9.17, 15) is 18.8 Å². The standard InChI is InChI=1S/C26H31FN4O5/c1-3-28-26(34)30-18-7-10-22-20(12-18)25(33)31(2)21-9-8-19(36-23(21)15-35-22)13-24(32)29-14-16-5-4-6-17(27)11-16/h4-7,10-12,19,21,23H,3,8-9,13-15H2,1-2H3,(H,29,32)(H2,28,30,34)/t19-,21+,23+/m0/s1. The number of carbonyl (C=O) groups excluding carboxylic acids is 3. The van der Waals surface area contributed by atoms with Gasteiger partial charge in [-0.3, -0.25) is 9.59 Å². The predicted molar refractivity (Wildman–Crippen MR) is 131 cm³/mol. The summed E-state index contributed by atoms with van der Waals surface area (Å²) in [4.78, 5) is 39.3. The molecule has 0 saturated carbocycles. The average Bonchev–Trinajstić information content (AvgIpc) is 2.85. The van der Waals surface area contributed by atoms with E-state index in [0.29, 0.717) is 42.0 Å². The third kappa shape index (κ3) is 6.12. The van der Waals surface area contributed by atoms with E-state index in [1.165, 1.54) is 12.1 Å². The molecule has 0 aliphatic carbocycles. The third-order valence-corrected chi connectivity index (χ3v) is 6.40. The Kier molecular flexibility index (Phi) is 8.04. The van der Waals surface area contributed by atoms with Crippen LogP contribution in [0.25, 0.3) is 0 Å². The molecule has 3 atom stereocenters. The van der Waals surface area contributed by atoms with Gasteiger partial charge >= 0.3 is 6.03 Å². The summed E-state index contributed by atoms with van der Waals surface area (Å²) in [5.74, 6) is -0.349. The van der Waals surface area contributed by atoms with Gasteiger partial charge in [0, 0.05) is 25.8 Å². The van der Waals surface area contributed by atoms with Gasteiger partial charge in [0.2, 0.25) is 5.91 Å². The molecule has 0 bridgehead atoms. The molecule has 2 aliphatic rings. The van der Waals surface area contributed by atoms with E-state index < -0.39 is 6.10 Å². The van der Waals surface area contributed by atoms with Crippen molar-refractivity contribution in [3.8, 4) is 5.75 Å². The van der Waals surface area contributed by atoms with E-state index in [1.54, 1.807) is 42.3 Å². The number of fused-ring (bicyclic) bond motifs is 2. The van der Waals surface area contributed by atoms with Gasteiger partial charge in [-0.15, -0.1) is 0 Å². The second-order valence-electron chi connectivity index (χ2n) is 8.97. The van der Waals surface area contributed by atoms with Crippen LogP contribution in [0.15, 0.2) is 42.5 Å². The van der Waals surface area contributed by atoms with Gasteiger partial charge in [0.15, 0.2) is 0 Å². The number of rotatable bonds is 6. The SMILES string of the molecule is CCNC(=O)Nc1ccc2c(c1)C(=O)N(C)[C@@H]1CC[C@@H](CC(=O)NCc3cccc(F)c3)O[C@@H]1CO2. The van der Waals surface area contributed by atoms with Crippen LogP contribution < -0.4 is 20.7 Å². The number of likely N-dealkylation sites (N-methyl/N-ethyl adjacent to an activating group) is 1. The summed E-state index contributed by atoms with van der Waals surface area (Å²) in [7, 11) is 1.73. The molecule has 4 amide bonds. The lowest BCUT2D eigenvalue weighted by molar-refractivity contribution is -0.134. The highest BCUT2D eigenvalue weighted by Crippen LogP contribution is 2.32. The van der Waals surface area contributed by atoms with Crippen LogP contribution in [0.1, 0.15) is 42.1 Å². The Labute approximate surface area is 209 Å². The van der Waals surface area contributed by atoms with Gasteiger partial charge in [0.25, 0.3) is 5.91 Å². The summed E-state index contributed by atoms with van der Waals surface area (Å²) in [6.07, 6.45) is 0.729. The van der Waals surface area contributed by atoms with Crippen LogP contribution in [0.4, 0.5) is 14.9 Å². The zero-order valence-corrected chi connectivity index (χ0v) is 20.4. The first kappa shape index (κ1) is 25.4. The van der Waals surface area contributed by atoms with E-state index >= 15 is 0 Å². The van der Waals surface area contributed by atoms with E-state index in [2.05, 4.69) is 16.0 Å². The van der Waals surface area contributed by atoms with Gasteiger partial charge in [0.05, 0.1) is 24.1 Å². The molecule has 0 spiro atoms. The van der Waals surface area contributed by atoms with E-state index in [4.69, 9.17) is 9.47 Å². The summed E-state index contributed by atoms with van der Waals surface area (Å²) in [6, 6.07) is 10.5. The zero-order valence-electron chi connectivity index (χ0n) is 20.4. The normalized spacial score (nSPS) is 21.2. The highest BCUT2D eigenvalue weighted by atomic mass is 19.1. The van der Waals surface area contributed by atoms with Gasteiger partial charge in [-0.1, -0.05) is 12.1 Å². The number of nitrogens with one attached hydrogen (secondary N) is 3.